The van der Waals surface area contributed by atoms with E-state index in [1.54, 1.807) is 0 Å². The van der Waals surface area contributed by atoms with Crippen LogP contribution < -0.4 is 0 Å². The van der Waals surface area contributed by atoms with Crippen LogP contribution in [0.15, 0.2) is 0 Å². The van der Waals surface area contributed by atoms with Crippen LogP contribution in [0.25, 0.3) is 0 Å². The van der Waals surface area contributed by atoms with E-state index < -0.39 is 59.0 Å². The van der Waals surface area contributed by atoms with E-state index >= 15 is 0 Å². The third-order valence-corrected chi connectivity index (χ3v) is 0. The maximum atomic E-state index is 8.74. The molecule has 0 atom stereocenters. The van der Waals surface area contributed by atoms with Crippen LogP contribution in [0.5, 0.6) is 0 Å². The van der Waals surface area contributed by atoms with Gasteiger partial charge in [-0.25, -0.2) is 0 Å². The van der Waals surface area contributed by atoms with E-state index in [4.69, 9.17) is 57.0 Å². The molecule has 0 aromatic carbocycles. The van der Waals surface area contributed by atoms with Crippen LogP contribution in [0.3, 0.4) is 0 Å². The quantitative estimate of drug-likeness (QED) is 0.171. The molecule has 14 nitrogen and oxygen atoms in total. The molecule has 0 rings (SSSR count). The van der Waals surface area contributed by atoms with Crippen molar-refractivity contribution in [3.63, 3.8) is 0 Å². The minimum atomic E-state index is -4.67. The van der Waals surface area contributed by atoms with Gasteiger partial charge in [0, 0.05) is 0 Å². The summed E-state index contributed by atoms with van der Waals surface area (Å²) in [6.45, 7) is 0. The summed E-state index contributed by atoms with van der Waals surface area (Å²) >= 11 is -2.51. The van der Waals surface area contributed by atoms with E-state index in [0.717, 1.165) is 0 Å². The zero-order chi connectivity index (χ0) is 16.2. The first-order chi connectivity index (χ1) is 7.41. The van der Waals surface area contributed by atoms with Gasteiger partial charge in [0.25, 0.3) is 0 Å². The molecule has 0 heterocycles. The molecular formula is H6O14S3U. The van der Waals surface area contributed by atoms with E-state index in [1.165, 1.54) is 0 Å². The van der Waals surface area contributed by atoms with Crippen LogP contribution in [-0.4, -0.2) is 52.6 Å². The summed E-state index contributed by atoms with van der Waals surface area (Å²) in [6.07, 6.45) is 0. The molecule has 6 N–H and O–H groups in total. The van der Waals surface area contributed by atoms with Gasteiger partial charge in [0.1, 0.15) is 0 Å². The fourth-order valence-corrected chi connectivity index (χ4v) is 0. The van der Waals surface area contributed by atoms with E-state index in [1.807, 2.05) is 0 Å². The zero-order valence-electron chi connectivity index (χ0n) is 7.67. The summed E-state index contributed by atoms with van der Waals surface area (Å²) < 4.78 is 112. The van der Waals surface area contributed by atoms with Crippen molar-refractivity contribution in [3.8, 4) is 0 Å². The van der Waals surface area contributed by atoms with Crippen molar-refractivity contribution in [1.82, 2.24) is 0 Å². The Bertz CT molecular complexity index is 412. The topological polar surface area (TPSA) is 258 Å². The minimum absolute atomic E-state index is 2.51. The average molecular weight is 564 g/mol. The molecule has 0 aromatic rings. The zero-order valence-corrected chi connectivity index (χ0v) is 14.3. The number of hydrogen-bond donors (Lipinski definition) is 6. The van der Waals surface area contributed by atoms with Gasteiger partial charge < -0.3 is 0 Å². The first kappa shape index (κ1) is 26.8. The Balaban J connectivity index is -0.0000000739. The second kappa shape index (κ2) is 12.3. The first-order valence-corrected chi connectivity index (χ1v) is 10.1. The van der Waals surface area contributed by atoms with Crippen molar-refractivity contribution >= 4 is 31.2 Å². The van der Waals surface area contributed by atoms with Crippen molar-refractivity contribution in [2.75, 3.05) is 0 Å². The molecule has 0 fully saturated rings. The first-order valence-electron chi connectivity index (χ1n) is 2.50. The predicted molar refractivity (Wildman–Crippen MR) is 43.9 cm³/mol. The molecular weight excluding hydrogens is 558 g/mol. The Kier molecular flexibility index (Phi) is 18.3. The fraction of sp³-hybridized carbons (Fsp3) is 0. The monoisotopic (exact) mass is 564 g/mol. The van der Waals surface area contributed by atoms with Gasteiger partial charge in [-0.05, 0) is 0 Å². The number of hydrogen-bond acceptors (Lipinski definition) is 8. The van der Waals surface area contributed by atoms with E-state index in [9.17, 15) is 0 Å². The molecule has 0 aliphatic carbocycles. The van der Waals surface area contributed by atoms with E-state index in [-0.39, 0.29) is 0 Å². The van der Waals surface area contributed by atoms with Crippen LogP contribution in [0.2, 0.25) is 0 Å². The van der Waals surface area contributed by atoms with Crippen molar-refractivity contribution in [3.05, 3.63) is 0 Å². The van der Waals surface area contributed by atoms with Gasteiger partial charge in [-0.3, -0.25) is 27.3 Å². The molecule has 18 heavy (non-hydrogen) atoms. The molecule has 0 saturated heterocycles. The molecule has 0 aliphatic heterocycles. The molecule has 0 unspecified atom stereocenters. The maximum absolute atomic E-state index is 8.74. The van der Waals surface area contributed by atoms with Crippen molar-refractivity contribution in [2.45, 2.75) is 0 Å². The summed E-state index contributed by atoms with van der Waals surface area (Å²) in [5.74, 6) is 0. The Morgan fingerprint density at radius 1 is 0.500 bits per heavy atom. The molecule has 0 saturated carbocycles. The van der Waals surface area contributed by atoms with Gasteiger partial charge >= 0.3 is 63.5 Å². The van der Waals surface area contributed by atoms with Crippen LogP contribution >= 0.6 is 0 Å². The van der Waals surface area contributed by atoms with Crippen LogP contribution in [-0.2, 0) is 35.7 Å². The molecule has 0 spiro atoms. The SMILES string of the molecule is O=S(=O)(O)O.O=S(=O)(O)O.O=S(=O)(O)O.[O]=[U]=[O]. The van der Waals surface area contributed by atoms with Gasteiger partial charge in [0.15, 0.2) is 0 Å². The molecule has 112 valence electrons. The molecule has 0 radical (unpaired) electrons. The fourth-order valence-electron chi connectivity index (χ4n) is 0. The Labute approximate surface area is 115 Å². The van der Waals surface area contributed by atoms with Crippen LogP contribution in [0, 0.1) is 27.8 Å². The van der Waals surface area contributed by atoms with E-state index in [2.05, 4.69) is 0 Å². The third kappa shape index (κ3) is 55200. The summed E-state index contributed by atoms with van der Waals surface area (Å²) in [5.41, 5.74) is 0. The molecule has 0 aliphatic rings. The molecule has 18 heteroatoms. The summed E-state index contributed by atoms with van der Waals surface area (Å²) in [4.78, 5) is 0. The summed E-state index contributed by atoms with van der Waals surface area (Å²) in [6, 6.07) is 0. The molecule has 0 bridgehead atoms. The normalized spacial score (nSPS) is 10.1. The van der Waals surface area contributed by atoms with Crippen molar-refractivity contribution < 1.29 is 84.9 Å². The molecule has 0 amide bonds. The van der Waals surface area contributed by atoms with Gasteiger partial charge in [-0.2, -0.15) is 25.3 Å². The van der Waals surface area contributed by atoms with Gasteiger partial charge in [-0.15, -0.1) is 0 Å². The predicted octanol–water partition coefficient (Wildman–Crippen LogP) is -2.20. The Morgan fingerprint density at radius 2 is 0.500 bits per heavy atom. The van der Waals surface area contributed by atoms with E-state index in [0.29, 0.717) is 0 Å². The van der Waals surface area contributed by atoms with Crippen molar-refractivity contribution in [1.29, 1.82) is 0 Å². The Hall–Kier alpha value is 0.262. The van der Waals surface area contributed by atoms with Gasteiger partial charge in [0.2, 0.25) is 0 Å². The second-order valence-corrected chi connectivity index (χ2v) is 4.81. The Morgan fingerprint density at radius 3 is 0.500 bits per heavy atom. The average Bonchev–Trinajstić information content (AvgIpc) is 1.71. The van der Waals surface area contributed by atoms with Crippen LogP contribution in [0.4, 0.5) is 0 Å². The second-order valence-electron chi connectivity index (χ2n) is 1.43. The van der Waals surface area contributed by atoms with Crippen molar-refractivity contribution in [2.24, 2.45) is 0 Å². The summed E-state index contributed by atoms with van der Waals surface area (Å²) in [7, 11) is -14.0. The number of rotatable bonds is 0. The standard InChI is InChI=1S/3H2O4S.2O.U/c3*1-5(2,3)4;;;/h3*(H2,1,2,3,4);;;. The molecule has 0 aromatic heterocycles. The van der Waals surface area contributed by atoms with Gasteiger partial charge in [0.05, 0.1) is 0 Å². The third-order valence-electron chi connectivity index (χ3n) is 0. The van der Waals surface area contributed by atoms with Crippen LogP contribution in [0.1, 0.15) is 0 Å². The van der Waals surface area contributed by atoms with Gasteiger partial charge in [-0.1, -0.05) is 0 Å². The summed E-state index contributed by atoms with van der Waals surface area (Å²) in [5, 5.41) is 0.